The predicted octanol–water partition coefficient (Wildman–Crippen LogP) is 0.234. The molecule has 0 aliphatic carbocycles. The van der Waals surface area contributed by atoms with Crippen LogP contribution in [0.3, 0.4) is 0 Å². The second-order valence-electron chi connectivity index (χ2n) is 4.17. The Labute approximate surface area is 92.7 Å². The van der Waals surface area contributed by atoms with Crippen LogP contribution in [0.5, 0.6) is 0 Å². The first kappa shape index (κ1) is 12.9. The minimum Gasteiger partial charge on any atom is -0.329 e. The summed E-state index contributed by atoms with van der Waals surface area (Å²) in [4.78, 5) is 2.13. The Morgan fingerprint density at radius 3 is 2.67 bits per heavy atom. The summed E-state index contributed by atoms with van der Waals surface area (Å²) in [5.74, 6) is 0.373. The van der Waals surface area contributed by atoms with Crippen molar-refractivity contribution < 1.29 is 8.42 Å². The summed E-state index contributed by atoms with van der Waals surface area (Å²) in [5, 5.41) is -0.155. The van der Waals surface area contributed by atoms with Gasteiger partial charge in [0.05, 0.1) is 11.0 Å². The highest BCUT2D eigenvalue weighted by Crippen LogP contribution is 2.20. The fourth-order valence-electron chi connectivity index (χ4n) is 2.08. The van der Waals surface area contributed by atoms with Crippen molar-refractivity contribution >= 4 is 9.84 Å². The lowest BCUT2D eigenvalue weighted by atomic mass is 10.2. The van der Waals surface area contributed by atoms with Gasteiger partial charge in [-0.05, 0) is 19.4 Å². The summed E-state index contributed by atoms with van der Waals surface area (Å²) in [5.41, 5.74) is 5.49. The first-order chi connectivity index (χ1) is 7.10. The third kappa shape index (κ3) is 3.74. The molecule has 5 heteroatoms. The molecule has 0 aromatic carbocycles. The molecule has 0 amide bonds. The lowest BCUT2D eigenvalue weighted by Gasteiger charge is -2.28. The van der Waals surface area contributed by atoms with Crippen molar-refractivity contribution in [2.75, 3.05) is 31.9 Å². The standard InChI is InChI=1S/C10H22N2O2S/c1-2-12(7-6-11)9-10-5-3-4-8-15(10,13)14/h10H,2-9,11H2,1H3. The van der Waals surface area contributed by atoms with Gasteiger partial charge in [0.2, 0.25) is 0 Å². The number of hydrogen-bond acceptors (Lipinski definition) is 4. The van der Waals surface area contributed by atoms with Gasteiger partial charge in [-0.15, -0.1) is 0 Å². The van der Waals surface area contributed by atoms with Crippen molar-refractivity contribution in [2.24, 2.45) is 5.73 Å². The SMILES string of the molecule is CCN(CCN)CC1CCCCS1(=O)=O. The van der Waals surface area contributed by atoms with Crippen LogP contribution >= 0.6 is 0 Å². The molecular weight excluding hydrogens is 212 g/mol. The van der Waals surface area contributed by atoms with E-state index in [0.717, 1.165) is 32.4 Å². The van der Waals surface area contributed by atoms with Crippen LogP contribution in [0.2, 0.25) is 0 Å². The van der Waals surface area contributed by atoms with Crippen LogP contribution in [-0.2, 0) is 9.84 Å². The zero-order valence-electron chi connectivity index (χ0n) is 9.48. The third-order valence-electron chi connectivity index (χ3n) is 3.07. The van der Waals surface area contributed by atoms with Crippen molar-refractivity contribution in [2.45, 2.75) is 31.4 Å². The van der Waals surface area contributed by atoms with Crippen LogP contribution in [-0.4, -0.2) is 50.5 Å². The average Bonchev–Trinajstić information content (AvgIpc) is 2.20. The first-order valence-electron chi connectivity index (χ1n) is 5.74. The molecule has 1 rings (SSSR count). The van der Waals surface area contributed by atoms with Gasteiger partial charge in [-0.25, -0.2) is 8.42 Å². The predicted molar refractivity (Wildman–Crippen MR) is 62.6 cm³/mol. The fraction of sp³-hybridized carbons (Fsp3) is 1.00. The molecular formula is C10H22N2O2S. The Bertz CT molecular complexity index is 277. The van der Waals surface area contributed by atoms with Crippen molar-refractivity contribution in [3.63, 3.8) is 0 Å². The lowest BCUT2D eigenvalue weighted by Crippen LogP contribution is -2.41. The number of hydrogen-bond donors (Lipinski definition) is 1. The summed E-state index contributed by atoms with van der Waals surface area (Å²) < 4.78 is 23.6. The molecule has 0 aromatic rings. The van der Waals surface area contributed by atoms with Crippen molar-refractivity contribution in [3.05, 3.63) is 0 Å². The van der Waals surface area contributed by atoms with Crippen LogP contribution in [0.25, 0.3) is 0 Å². The fourth-order valence-corrected chi connectivity index (χ4v) is 3.98. The molecule has 1 aliphatic rings. The largest absolute Gasteiger partial charge is 0.329 e. The topological polar surface area (TPSA) is 63.4 Å². The zero-order valence-corrected chi connectivity index (χ0v) is 10.3. The van der Waals surface area contributed by atoms with Crippen molar-refractivity contribution in [1.82, 2.24) is 4.90 Å². The molecule has 1 saturated heterocycles. The van der Waals surface area contributed by atoms with Gasteiger partial charge in [0.15, 0.2) is 9.84 Å². The van der Waals surface area contributed by atoms with Crippen LogP contribution in [0, 0.1) is 0 Å². The van der Waals surface area contributed by atoms with Crippen molar-refractivity contribution in [1.29, 1.82) is 0 Å². The van der Waals surface area contributed by atoms with Gasteiger partial charge >= 0.3 is 0 Å². The number of likely N-dealkylation sites (N-methyl/N-ethyl adjacent to an activating group) is 1. The van der Waals surface area contributed by atoms with E-state index < -0.39 is 9.84 Å². The molecule has 0 aromatic heterocycles. The van der Waals surface area contributed by atoms with E-state index in [0.29, 0.717) is 18.8 Å². The van der Waals surface area contributed by atoms with Crippen molar-refractivity contribution in [3.8, 4) is 0 Å². The van der Waals surface area contributed by atoms with E-state index in [-0.39, 0.29) is 5.25 Å². The molecule has 1 unspecified atom stereocenters. The monoisotopic (exact) mass is 234 g/mol. The molecule has 1 heterocycles. The van der Waals surface area contributed by atoms with Crippen LogP contribution in [0.15, 0.2) is 0 Å². The zero-order chi connectivity index (χ0) is 11.3. The van der Waals surface area contributed by atoms with Gasteiger partial charge in [0.25, 0.3) is 0 Å². The summed E-state index contributed by atoms with van der Waals surface area (Å²) in [6, 6.07) is 0. The maximum atomic E-state index is 11.8. The highest BCUT2D eigenvalue weighted by atomic mass is 32.2. The van der Waals surface area contributed by atoms with Crippen LogP contribution < -0.4 is 5.73 Å². The Balaban J connectivity index is 2.54. The quantitative estimate of drug-likeness (QED) is 0.740. The number of rotatable bonds is 5. The Morgan fingerprint density at radius 2 is 2.13 bits per heavy atom. The molecule has 1 fully saturated rings. The Hall–Kier alpha value is -0.130. The van der Waals surface area contributed by atoms with E-state index in [1.165, 1.54) is 0 Å². The highest BCUT2D eigenvalue weighted by molar-refractivity contribution is 7.92. The molecule has 1 atom stereocenters. The first-order valence-corrected chi connectivity index (χ1v) is 7.45. The molecule has 0 spiro atoms. The molecule has 0 bridgehead atoms. The smallest absolute Gasteiger partial charge is 0.154 e. The maximum absolute atomic E-state index is 11.8. The summed E-state index contributed by atoms with van der Waals surface area (Å²) in [6.45, 7) is 4.98. The van der Waals surface area contributed by atoms with E-state index in [1.807, 2.05) is 6.92 Å². The van der Waals surface area contributed by atoms with Gasteiger partial charge in [-0.2, -0.15) is 0 Å². The number of sulfone groups is 1. The van der Waals surface area contributed by atoms with E-state index >= 15 is 0 Å². The van der Waals surface area contributed by atoms with E-state index in [1.54, 1.807) is 0 Å². The summed E-state index contributed by atoms with van der Waals surface area (Å²) in [6.07, 6.45) is 2.70. The summed E-state index contributed by atoms with van der Waals surface area (Å²) >= 11 is 0. The second kappa shape index (κ2) is 5.82. The summed E-state index contributed by atoms with van der Waals surface area (Å²) in [7, 11) is -2.83. The van der Waals surface area contributed by atoms with Gasteiger partial charge < -0.3 is 10.6 Å². The minimum absolute atomic E-state index is 0.155. The molecule has 4 nitrogen and oxygen atoms in total. The average molecular weight is 234 g/mol. The van der Waals surface area contributed by atoms with Crippen LogP contribution in [0.1, 0.15) is 26.2 Å². The Kier molecular flexibility index (Phi) is 5.02. The normalized spacial score (nSPS) is 25.7. The number of nitrogens with two attached hydrogens (primary N) is 1. The molecule has 0 saturated carbocycles. The molecule has 1 aliphatic heterocycles. The minimum atomic E-state index is -2.83. The van der Waals surface area contributed by atoms with Gasteiger partial charge in [-0.1, -0.05) is 13.3 Å². The molecule has 15 heavy (non-hydrogen) atoms. The molecule has 0 radical (unpaired) electrons. The van der Waals surface area contributed by atoms with Crippen LogP contribution in [0.4, 0.5) is 0 Å². The maximum Gasteiger partial charge on any atom is 0.154 e. The lowest BCUT2D eigenvalue weighted by molar-refractivity contribution is 0.287. The highest BCUT2D eigenvalue weighted by Gasteiger charge is 2.29. The van der Waals surface area contributed by atoms with E-state index in [9.17, 15) is 8.42 Å². The molecule has 90 valence electrons. The van der Waals surface area contributed by atoms with Gasteiger partial charge in [-0.3, -0.25) is 0 Å². The number of nitrogens with zero attached hydrogens (tertiary/aromatic N) is 1. The third-order valence-corrected chi connectivity index (χ3v) is 5.33. The second-order valence-corrected chi connectivity index (χ2v) is 6.57. The van der Waals surface area contributed by atoms with E-state index in [2.05, 4.69) is 4.90 Å². The van der Waals surface area contributed by atoms with E-state index in [4.69, 9.17) is 5.73 Å². The van der Waals surface area contributed by atoms with Gasteiger partial charge in [0.1, 0.15) is 0 Å². The Morgan fingerprint density at radius 1 is 1.40 bits per heavy atom. The molecule has 2 N–H and O–H groups in total. The van der Waals surface area contributed by atoms with Gasteiger partial charge in [0, 0.05) is 19.6 Å².